The van der Waals surface area contributed by atoms with Crippen LogP contribution in [0.5, 0.6) is 0 Å². The highest BCUT2D eigenvalue weighted by Crippen LogP contribution is 2.46. The van der Waals surface area contributed by atoms with Gasteiger partial charge in [0, 0.05) is 30.7 Å². The van der Waals surface area contributed by atoms with E-state index in [1.54, 1.807) is 0 Å². The van der Waals surface area contributed by atoms with Crippen LogP contribution in [0.2, 0.25) is 0 Å². The van der Waals surface area contributed by atoms with Gasteiger partial charge in [-0.3, -0.25) is 9.59 Å². The maximum Gasteiger partial charge on any atom is 0.303 e. The van der Waals surface area contributed by atoms with Crippen LogP contribution in [0, 0.1) is 17.8 Å². The zero-order valence-electron chi connectivity index (χ0n) is 18.5. The number of hydrogen-bond donors (Lipinski definition) is 2. The molecule has 0 aromatic carbocycles. The summed E-state index contributed by atoms with van der Waals surface area (Å²) in [4.78, 5) is 23.2. The Balaban J connectivity index is 1.40. The molecule has 0 unspecified atom stereocenters. The smallest absolute Gasteiger partial charge is 0.303 e. The molecule has 168 valence electrons. The van der Waals surface area contributed by atoms with Gasteiger partial charge >= 0.3 is 5.97 Å². The fourth-order valence-electron chi connectivity index (χ4n) is 5.57. The molecule has 3 rings (SSSR count). The molecule has 2 saturated heterocycles. The van der Waals surface area contributed by atoms with Crippen LogP contribution in [0.3, 0.4) is 0 Å². The first-order valence-electron chi connectivity index (χ1n) is 12.0. The molecule has 0 aromatic rings. The van der Waals surface area contributed by atoms with E-state index < -0.39 is 5.97 Å². The van der Waals surface area contributed by atoms with Gasteiger partial charge in [-0.1, -0.05) is 31.4 Å². The molecule has 2 aliphatic heterocycles. The minimum Gasteiger partial charge on any atom is -0.481 e. The van der Waals surface area contributed by atoms with Crippen molar-refractivity contribution < 1.29 is 19.4 Å². The van der Waals surface area contributed by atoms with Gasteiger partial charge in [0.15, 0.2) is 5.78 Å². The summed E-state index contributed by atoms with van der Waals surface area (Å²) < 4.78 is 6.19. The fourth-order valence-corrected chi connectivity index (χ4v) is 5.57. The lowest BCUT2D eigenvalue weighted by molar-refractivity contribution is -0.137. The van der Waals surface area contributed by atoms with Crippen molar-refractivity contribution in [2.24, 2.45) is 17.8 Å². The molecule has 4 atom stereocenters. The van der Waals surface area contributed by atoms with E-state index >= 15 is 0 Å². The van der Waals surface area contributed by atoms with Gasteiger partial charge in [-0.05, 0) is 70.1 Å². The van der Waals surface area contributed by atoms with E-state index in [0.717, 1.165) is 44.2 Å². The first kappa shape index (κ1) is 23.1. The van der Waals surface area contributed by atoms with Crippen LogP contribution in [0.15, 0.2) is 23.9 Å². The number of hydrogen-bond acceptors (Lipinski definition) is 4. The van der Waals surface area contributed by atoms with Crippen LogP contribution in [-0.4, -0.2) is 35.6 Å². The maximum atomic E-state index is 12.6. The number of carbonyl (C=O) groups is 2. The minimum atomic E-state index is -0.720. The summed E-state index contributed by atoms with van der Waals surface area (Å²) in [5.74, 6) is 0.985. The van der Waals surface area contributed by atoms with Gasteiger partial charge in [-0.25, -0.2) is 0 Å². The molecular weight excluding hydrogens is 378 g/mol. The third-order valence-corrected chi connectivity index (χ3v) is 7.23. The van der Waals surface area contributed by atoms with Crippen molar-refractivity contribution in [3.63, 3.8) is 0 Å². The summed E-state index contributed by atoms with van der Waals surface area (Å²) in [6.07, 6.45) is 19.0. The third-order valence-electron chi connectivity index (χ3n) is 7.23. The third kappa shape index (κ3) is 6.44. The van der Waals surface area contributed by atoms with E-state index in [2.05, 4.69) is 17.5 Å². The molecule has 0 amide bonds. The molecule has 3 fully saturated rings. The number of carboxylic acids is 1. The van der Waals surface area contributed by atoms with Crippen molar-refractivity contribution in [2.75, 3.05) is 6.54 Å². The van der Waals surface area contributed by atoms with E-state index in [0.29, 0.717) is 36.2 Å². The van der Waals surface area contributed by atoms with Crippen LogP contribution in [-0.2, 0) is 14.3 Å². The second-order valence-corrected chi connectivity index (χ2v) is 9.38. The van der Waals surface area contributed by atoms with Crippen LogP contribution in [0.1, 0.15) is 84.0 Å². The summed E-state index contributed by atoms with van der Waals surface area (Å²) in [5.41, 5.74) is 0.868. The van der Waals surface area contributed by atoms with Gasteiger partial charge in [0.05, 0.1) is 12.2 Å². The molecule has 5 heteroatoms. The number of rotatable bonds is 12. The zero-order valence-corrected chi connectivity index (χ0v) is 18.5. The van der Waals surface area contributed by atoms with Crippen molar-refractivity contribution in [1.29, 1.82) is 0 Å². The standard InChI is InChI=1S/C25H39NO4/c1-18(25(29)19-9-5-4-6-10-19)17-26-16-15-21-20(22-13-14-23(21)30-22)11-7-2-3-8-12-24(27)28/h2,7,17,19-23,26H,3-6,8-16H2,1H3,(H,27,28)/b7-2-,18-17?/t20-,21+,22-,23+/m0/s1. The van der Waals surface area contributed by atoms with Gasteiger partial charge in [0.1, 0.15) is 0 Å². The van der Waals surface area contributed by atoms with Crippen LogP contribution in [0.4, 0.5) is 0 Å². The van der Waals surface area contributed by atoms with Gasteiger partial charge < -0.3 is 15.2 Å². The van der Waals surface area contributed by atoms with E-state index in [1.165, 1.54) is 32.1 Å². The lowest BCUT2D eigenvalue weighted by Crippen LogP contribution is -2.29. The predicted molar refractivity (Wildman–Crippen MR) is 118 cm³/mol. The SMILES string of the molecule is CC(=CNCC[C@@H]1[C@H](C/C=C\CCCC(=O)O)[C@@H]2CC[C@H]1O2)C(=O)C1CCCCC1. The molecule has 0 spiro atoms. The number of aliphatic carboxylic acids is 1. The monoisotopic (exact) mass is 417 g/mol. The molecule has 1 aliphatic carbocycles. The van der Waals surface area contributed by atoms with E-state index in [-0.39, 0.29) is 12.3 Å². The minimum absolute atomic E-state index is 0.238. The Bertz CT molecular complexity index is 635. The van der Waals surface area contributed by atoms with E-state index in [4.69, 9.17) is 9.84 Å². The topological polar surface area (TPSA) is 75.6 Å². The molecule has 5 nitrogen and oxygen atoms in total. The van der Waals surface area contributed by atoms with E-state index in [9.17, 15) is 9.59 Å². The number of Topliss-reactive ketones (excluding diaryl/α,β-unsaturated/α-hetero) is 1. The Kier molecular flexibility index (Phi) is 8.98. The molecule has 1 saturated carbocycles. The summed E-state index contributed by atoms with van der Waals surface area (Å²) >= 11 is 0. The van der Waals surface area contributed by atoms with E-state index in [1.807, 2.05) is 13.1 Å². The Morgan fingerprint density at radius 1 is 1.03 bits per heavy atom. The quantitative estimate of drug-likeness (QED) is 0.265. The van der Waals surface area contributed by atoms with Crippen molar-refractivity contribution in [2.45, 2.75) is 96.2 Å². The lowest BCUT2D eigenvalue weighted by atomic mass is 9.76. The first-order chi connectivity index (χ1) is 14.6. The normalized spacial score (nSPS) is 29.6. The first-order valence-corrected chi connectivity index (χ1v) is 12.0. The summed E-state index contributed by atoms with van der Waals surface area (Å²) in [6, 6.07) is 0. The number of carbonyl (C=O) groups excluding carboxylic acids is 1. The largest absolute Gasteiger partial charge is 0.481 e. The summed E-state index contributed by atoms with van der Waals surface area (Å²) in [6.45, 7) is 2.83. The average molecular weight is 418 g/mol. The lowest BCUT2D eigenvalue weighted by Gasteiger charge is -2.27. The molecular formula is C25H39NO4. The van der Waals surface area contributed by atoms with Crippen molar-refractivity contribution in [3.8, 4) is 0 Å². The second kappa shape index (κ2) is 11.7. The van der Waals surface area contributed by atoms with Crippen LogP contribution >= 0.6 is 0 Å². The Morgan fingerprint density at radius 3 is 2.50 bits per heavy atom. The number of allylic oxidation sites excluding steroid dienone is 3. The number of ether oxygens (including phenoxy) is 1. The number of carboxylic acid groups (broad SMARTS) is 1. The molecule has 30 heavy (non-hydrogen) atoms. The Labute approximate surface area is 181 Å². The molecule has 2 bridgehead atoms. The molecule has 3 aliphatic rings. The average Bonchev–Trinajstić information content (AvgIpc) is 3.35. The van der Waals surface area contributed by atoms with Gasteiger partial charge in [0.25, 0.3) is 0 Å². The predicted octanol–water partition coefficient (Wildman–Crippen LogP) is 5.01. The maximum absolute atomic E-state index is 12.6. The van der Waals surface area contributed by atoms with Gasteiger partial charge in [-0.15, -0.1) is 0 Å². The highest BCUT2D eigenvalue weighted by atomic mass is 16.5. The summed E-state index contributed by atoms with van der Waals surface area (Å²) in [5, 5.41) is 12.1. The molecule has 0 radical (unpaired) electrons. The Morgan fingerprint density at radius 2 is 1.77 bits per heavy atom. The number of ketones is 1. The molecule has 2 N–H and O–H groups in total. The van der Waals surface area contributed by atoms with Crippen molar-refractivity contribution >= 4 is 11.8 Å². The number of fused-ring (bicyclic) bond motifs is 2. The number of unbranched alkanes of at least 4 members (excludes halogenated alkanes) is 1. The zero-order chi connectivity index (χ0) is 21.3. The highest BCUT2D eigenvalue weighted by molar-refractivity contribution is 5.96. The Hall–Kier alpha value is -1.62. The van der Waals surface area contributed by atoms with Crippen LogP contribution in [0.25, 0.3) is 0 Å². The molecule has 0 aromatic heterocycles. The highest BCUT2D eigenvalue weighted by Gasteiger charge is 2.47. The summed E-state index contributed by atoms with van der Waals surface area (Å²) in [7, 11) is 0. The molecule has 2 heterocycles. The van der Waals surface area contributed by atoms with Gasteiger partial charge in [0.2, 0.25) is 0 Å². The van der Waals surface area contributed by atoms with Gasteiger partial charge in [-0.2, -0.15) is 0 Å². The second-order valence-electron chi connectivity index (χ2n) is 9.38. The van der Waals surface area contributed by atoms with Crippen molar-refractivity contribution in [1.82, 2.24) is 5.32 Å². The number of nitrogens with one attached hydrogen (secondary N) is 1. The van der Waals surface area contributed by atoms with Crippen molar-refractivity contribution in [3.05, 3.63) is 23.9 Å². The van der Waals surface area contributed by atoms with Crippen LogP contribution < -0.4 is 5.32 Å². The fraction of sp³-hybridized carbons (Fsp3) is 0.760.